The molecule has 1 saturated heterocycles. The van der Waals surface area contributed by atoms with Gasteiger partial charge >= 0.3 is 5.97 Å². The van der Waals surface area contributed by atoms with Crippen LogP contribution in [0.2, 0.25) is 0 Å². The fourth-order valence-corrected chi connectivity index (χ4v) is 3.35. The van der Waals surface area contributed by atoms with Crippen molar-refractivity contribution < 1.29 is 19.7 Å². The Bertz CT molecular complexity index is 1040. The van der Waals surface area contributed by atoms with Gasteiger partial charge in [-0.05, 0) is 35.9 Å². The lowest BCUT2D eigenvalue weighted by Crippen LogP contribution is -2.35. The number of fused-ring (bicyclic) bond motifs is 1. The summed E-state index contributed by atoms with van der Waals surface area (Å²) in [6, 6.07) is 12.6. The molecule has 1 fully saturated rings. The number of carboxylic acids is 1. The van der Waals surface area contributed by atoms with Crippen LogP contribution in [-0.2, 0) is 11.3 Å². The first-order valence-corrected chi connectivity index (χ1v) is 9.11. The topological polar surface area (TPSA) is 98.1 Å². The van der Waals surface area contributed by atoms with Crippen LogP contribution in [0.1, 0.15) is 21.5 Å². The van der Waals surface area contributed by atoms with Crippen LogP contribution in [0.3, 0.4) is 0 Å². The highest BCUT2D eigenvalue weighted by molar-refractivity contribution is 6.05. The van der Waals surface area contributed by atoms with Crippen LogP contribution in [0, 0.1) is 0 Å². The van der Waals surface area contributed by atoms with E-state index in [-0.39, 0.29) is 11.4 Å². The number of morpholine rings is 1. The first kappa shape index (κ1) is 18.2. The molecule has 1 aliphatic rings. The van der Waals surface area contributed by atoms with Crippen molar-refractivity contribution in [1.29, 1.82) is 0 Å². The molecule has 0 aliphatic carbocycles. The number of aromatic carboxylic acids is 1. The van der Waals surface area contributed by atoms with Crippen molar-refractivity contribution in [3.05, 3.63) is 59.2 Å². The van der Waals surface area contributed by atoms with E-state index in [0.717, 1.165) is 44.1 Å². The molecule has 0 saturated carbocycles. The Morgan fingerprint density at radius 2 is 2.04 bits per heavy atom. The van der Waals surface area contributed by atoms with Gasteiger partial charge in [-0.2, -0.15) is 0 Å². The van der Waals surface area contributed by atoms with Gasteiger partial charge in [0.05, 0.1) is 30.0 Å². The number of nitrogens with one attached hydrogen (secondary N) is 1. The van der Waals surface area contributed by atoms with Crippen molar-refractivity contribution in [3.63, 3.8) is 0 Å². The highest BCUT2D eigenvalue weighted by atomic mass is 16.5. The highest BCUT2D eigenvalue weighted by Gasteiger charge is 2.13. The second kappa shape index (κ2) is 7.84. The average Bonchev–Trinajstić information content (AvgIpc) is 3.01. The van der Waals surface area contributed by atoms with E-state index in [1.54, 1.807) is 12.3 Å². The lowest BCUT2D eigenvalue weighted by Gasteiger charge is -2.26. The summed E-state index contributed by atoms with van der Waals surface area (Å²) in [6.45, 7) is 4.20. The summed E-state index contributed by atoms with van der Waals surface area (Å²) < 4.78 is 5.38. The molecule has 7 nitrogen and oxygen atoms in total. The smallest absolute Gasteiger partial charge is 0.335 e. The van der Waals surface area contributed by atoms with Crippen LogP contribution in [0.4, 0.5) is 5.69 Å². The summed E-state index contributed by atoms with van der Waals surface area (Å²) in [6.07, 6.45) is 1.56. The van der Waals surface area contributed by atoms with Gasteiger partial charge in [0.1, 0.15) is 0 Å². The Morgan fingerprint density at radius 1 is 1.21 bits per heavy atom. The second-order valence-corrected chi connectivity index (χ2v) is 6.77. The third-order valence-electron chi connectivity index (χ3n) is 4.83. The van der Waals surface area contributed by atoms with Crippen molar-refractivity contribution >= 4 is 28.8 Å². The Morgan fingerprint density at radius 3 is 2.82 bits per heavy atom. The Labute approximate surface area is 161 Å². The predicted molar refractivity (Wildman–Crippen MR) is 107 cm³/mol. The third-order valence-corrected chi connectivity index (χ3v) is 4.83. The summed E-state index contributed by atoms with van der Waals surface area (Å²) >= 11 is 0. The van der Waals surface area contributed by atoms with E-state index >= 15 is 0 Å². The van der Waals surface area contributed by atoms with Crippen LogP contribution in [0.5, 0.6) is 5.88 Å². The molecule has 1 aliphatic heterocycles. The molecule has 3 aromatic rings. The van der Waals surface area contributed by atoms with Gasteiger partial charge in [0.2, 0.25) is 0 Å². The molecule has 2 aromatic carbocycles. The van der Waals surface area contributed by atoms with Gasteiger partial charge in [-0.1, -0.05) is 12.1 Å². The summed E-state index contributed by atoms with van der Waals surface area (Å²) in [5.41, 5.74) is 3.22. The van der Waals surface area contributed by atoms with Gasteiger partial charge in [-0.25, -0.2) is 4.79 Å². The maximum Gasteiger partial charge on any atom is 0.335 e. The molecule has 4 rings (SSSR count). The van der Waals surface area contributed by atoms with Crippen molar-refractivity contribution in [2.24, 2.45) is 4.99 Å². The van der Waals surface area contributed by atoms with E-state index < -0.39 is 5.97 Å². The highest BCUT2D eigenvalue weighted by Crippen LogP contribution is 2.27. The number of carboxylic acid groups (broad SMARTS) is 1. The first-order valence-electron chi connectivity index (χ1n) is 9.11. The van der Waals surface area contributed by atoms with E-state index in [2.05, 4.69) is 20.9 Å². The number of benzene rings is 2. The number of nitrogens with zero attached hydrogens (tertiary/aromatic N) is 2. The molecule has 2 heterocycles. The molecular formula is C21H21N3O4. The molecule has 0 spiro atoms. The third kappa shape index (κ3) is 3.90. The normalized spacial score (nSPS) is 15.4. The Kier molecular flexibility index (Phi) is 5.10. The minimum atomic E-state index is -1.01. The van der Waals surface area contributed by atoms with Gasteiger partial charge in [0.25, 0.3) is 0 Å². The summed E-state index contributed by atoms with van der Waals surface area (Å²) in [4.78, 5) is 20.9. The molecule has 1 aromatic heterocycles. The largest absolute Gasteiger partial charge is 0.494 e. The van der Waals surface area contributed by atoms with Gasteiger partial charge in [-0.3, -0.25) is 9.89 Å². The molecular weight excluding hydrogens is 358 g/mol. The minimum Gasteiger partial charge on any atom is -0.494 e. The lowest BCUT2D eigenvalue weighted by molar-refractivity contribution is 0.0342. The molecule has 0 bridgehead atoms. The minimum absolute atomic E-state index is 0.0363. The maximum absolute atomic E-state index is 11.2. The zero-order valence-electron chi connectivity index (χ0n) is 15.3. The summed E-state index contributed by atoms with van der Waals surface area (Å²) in [7, 11) is 0. The molecule has 0 atom stereocenters. The molecule has 0 radical (unpaired) electrons. The number of rotatable bonds is 5. The second-order valence-electron chi connectivity index (χ2n) is 6.77. The monoisotopic (exact) mass is 379 g/mol. The number of hydrogen-bond donors (Lipinski definition) is 3. The van der Waals surface area contributed by atoms with E-state index in [1.807, 2.05) is 18.2 Å². The van der Waals surface area contributed by atoms with Crippen LogP contribution in [0.25, 0.3) is 10.9 Å². The van der Waals surface area contributed by atoms with Crippen molar-refractivity contribution in [3.8, 4) is 5.88 Å². The van der Waals surface area contributed by atoms with E-state index in [9.17, 15) is 15.0 Å². The van der Waals surface area contributed by atoms with Crippen molar-refractivity contribution in [1.82, 2.24) is 9.88 Å². The standard InChI is InChI=1S/C21H21N3O4/c25-20-18(17-11-15(21(26)27)4-5-19(17)23-20)12-22-16-3-1-2-14(10-16)13-24-6-8-28-9-7-24/h1-5,10-12,23,25H,6-9,13H2,(H,26,27). The quantitative estimate of drug-likeness (QED) is 0.592. The fraction of sp³-hybridized carbons (Fsp3) is 0.238. The van der Waals surface area contributed by atoms with Gasteiger partial charge in [-0.15, -0.1) is 0 Å². The van der Waals surface area contributed by atoms with E-state index in [4.69, 9.17) is 4.74 Å². The maximum atomic E-state index is 11.2. The number of carbonyl (C=O) groups is 1. The van der Waals surface area contributed by atoms with Gasteiger partial charge in [0.15, 0.2) is 5.88 Å². The SMILES string of the molecule is O=C(O)c1ccc2[nH]c(O)c(C=Nc3cccc(CN4CCOCC4)c3)c2c1. The Hall–Kier alpha value is -3.16. The molecule has 0 amide bonds. The fourth-order valence-electron chi connectivity index (χ4n) is 3.35. The van der Waals surface area contributed by atoms with Crippen molar-refractivity contribution in [2.45, 2.75) is 6.54 Å². The van der Waals surface area contributed by atoms with Crippen LogP contribution in [-0.4, -0.2) is 58.6 Å². The number of aliphatic imine (C=N–C) groups is 1. The number of aromatic hydroxyl groups is 1. The zero-order valence-corrected chi connectivity index (χ0v) is 15.3. The zero-order chi connectivity index (χ0) is 19.5. The molecule has 144 valence electrons. The molecule has 7 heteroatoms. The van der Waals surface area contributed by atoms with E-state index in [0.29, 0.717) is 16.5 Å². The van der Waals surface area contributed by atoms with Crippen LogP contribution >= 0.6 is 0 Å². The van der Waals surface area contributed by atoms with Crippen molar-refractivity contribution in [2.75, 3.05) is 26.3 Å². The summed E-state index contributed by atoms with van der Waals surface area (Å²) in [5, 5.41) is 20.0. The number of aromatic nitrogens is 1. The number of ether oxygens (including phenoxy) is 1. The van der Waals surface area contributed by atoms with Crippen LogP contribution < -0.4 is 0 Å². The van der Waals surface area contributed by atoms with Crippen LogP contribution in [0.15, 0.2) is 47.5 Å². The Balaban J connectivity index is 1.58. The summed E-state index contributed by atoms with van der Waals surface area (Å²) in [5.74, 6) is -1.05. The van der Waals surface area contributed by atoms with Gasteiger partial charge in [0, 0.05) is 36.8 Å². The average molecular weight is 379 g/mol. The first-order chi connectivity index (χ1) is 13.6. The number of hydrogen-bond acceptors (Lipinski definition) is 5. The lowest BCUT2D eigenvalue weighted by atomic mass is 10.1. The van der Waals surface area contributed by atoms with Gasteiger partial charge < -0.3 is 19.9 Å². The molecule has 0 unspecified atom stereocenters. The predicted octanol–water partition coefficient (Wildman–Crippen LogP) is 3.15. The number of aromatic amines is 1. The molecule has 3 N–H and O–H groups in total. The number of H-pyrrole nitrogens is 1. The molecule has 28 heavy (non-hydrogen) atoms. The van der Waals surface area contributed by atoms with E-state index in [1.165, 1.54) is 12.1 Å².